The molecular formula is C11H15NO2. The minimum absolute atomic E-state index is 0.423. The van der Waals surface area contributed by atoms with E-state index in [9.17, 15) is 5.11 Å². The average molecular weight is 193 g/mol. The van der Waals surface area contributed by atoms with E-state index in [-0.39, 0.29) is 0 Å². The average Bonchev–Trinajstić information content (AvgIpc) is 2.84. The molecule has 0 saturated heterocycles. The number of hydrogen-bond acceptors (Lipinski definition) is 3. The van der Waals surface area contributed by atoms with E-state index < -0.39 is 5.60 Å². The molecule has 76 valence electrons. The molecule has 0 aliphatic heterocycles. The van der Waals surface area contributed by atoms with Gasteiger partial charge in [0.05, 0.1) is 12.2 Å². The van der Waals surface area contributed by atoms with Crippen molar-refractivity contribution in [2.75, 3.05) is 0 Å². The van der Waals surface area contributed by atoms with Gasteiger partial charge in [0.15, 0.2) is 0 Å². The summed E-state index contributed by atoms with van der Waals surface area (Å²) < 4.78 is 0. The maximum atomic E-state index is 9.75. The molecular weight excluding hydrogens is 178 g/mol. The van der Waals surface area contributed by atoms with E-state index in [0.717, 1.165) is 30.4 Å². The van der Waals surface area contributed by atoms with E-state index in [1.54, 1.807) is 0 Å². The molecule has 0 aromatic heterocycles. The van der Waals surface area contributed by atoms with E-state index in [1.807, 2.05) is 24.3 Å². The van der Waals surface area contributed by atoms with Crippen LogP contribution in [0.1, 0.15) is 24.0 Å². The Hall–Kier alpha value is -0.900. The van der Waals surface area contributed by atoms with Crippen molar-refractivity contribution in [1.29, 1.82) is 0 Å². The lowest BCUT2D eigenvalue weighted by Gasteiger charge is -2.08. The van der Waals surface area contributed by atoms with Crippen molar-refractivity contribution >= 4 is 0 Å². The summed E-state index contributed by atoms with van der Waals surface area (Å²) >= 11 is 0. The molecule has 0 bridgehead atoms. The third-order valence-corrected chi connectivity index (χ3v) is 2.60. The van der Waals surface area contributed by atoms with Crippen molar-refractivity contribution < 1.29 is 9.94 Å². The van der Waals surface area contributed by atoms with Crippen molar-refractivity contribution in [3.63, 3.8) is 0 Å². The first-order valence-electron chi connectivity index (χ1n) is 4.84. The zero-order chi connectivity index (χ0) is 10.0. The molecule has 3 heteroatoms. The van der Waals surface area contributed by atoms with Gasteiger partial charge in [0, 0.05) is 6.42 Å². The number of nitrogens with two attached hydrogens (primary N) is 1. The second kappa shape index (κ2) is 3.69. The van der Waals surface area contributed by atoms with Crippen molar-refractivity contribution in [3.05, 3.63) is 35.4 Å². The molecule has 3 N–H and O–H groups in total. The fourth-order valence-corrected chi connectivity index (χ4v) is 1.63. The first-order chi connectivity index (χ1) is 6.72. The monoisotopic (exact) mass is 193 g/mol. The Labute approximate surface area is 83.5 Å². The molecule has 0 radical (unpaired) electrons. The number of rotatable bonds is 4. The summed E-state index contributed by atoms with van der Waals surface area (Å²) in [6.45, 7) is 0.423. The number of benzene rings is 1. The van der Waals surface area contributed by atoms with Crippen LogP contribution in [0, 0.1) is 0 Å². The van der Waals surface area contributed by atoms with Crippen molar-refractivity contribution in [2.24, 2.45) is 5.90 Å². The van der Waals surface area contributed by atoms with Crippen LogP contribution in [0.3, 0.4) is 0 Å². The van der Waals surface area contributed by atoms with Gasteiger partial charge in [-0.25, -0.2) is 5.90 Å². The Balaban J connectivity index is 2.06. The minimum Gasteiger partial charge on any atom is -0.390 e. The zero-order valence-electron chi connectivity index (χ0n) is 8.07. The number of hydrogen-bond donors (Lipinski definition) is 2. The van der Waals surface area contributed by atoms with Gasteiger partial charge >= 0.3 is 0 Å². The van der Waals surface area contributed by atoms with Crippen LogP contribution in [0.5, 0.6) is 0 Å². The predicted octanol–water partition coefficient (Wildman–Crippen LogP) is 1.14. The number of aliphatic hydroxyl groups is 1. The molecule has 0 heterocycles. The second-order valence-electron chi connectivity index (χ2n) is 4.03. The van der Waals surface area contributed by atoms with E-state index in [0.29, 0.717) is 6.61 Å². The highest BCUT2D eigenvalue weighted by Gasteiger charge is 2.39. The Bertz CT molecular complexity index is 321. The van der Waals surface area contributed by atoms with Crippen molar-refractivity contribution in [1.82, 2.24) is 0 Å². The van der Waals surface area contributed by atoms with E-state index in [1.165, 1.54) is 0 Å². The Kier molecular flexibility index (Phi) is 2.54. The van der Waals surface area contributed by atoms with E-state index in [4.69, 9.17) is 5.90 Å². The molecule has 1 saturated carbocycles. The molecule has 2 rings (SSSR count). The van der Waals surface area contributed by atoms with Crippen LogP contribution in [-0.2, 0) is 17.9 Å². The third-order valence-electron chi connectivity index (χ3n) is 2.60. The summed E-state index contributed by atoms with van der Waals surface area (Å²) in [7, 11) is 0. The van der Waals surface area contributed by atoms with Crippen LogP contribution in [-0.4, -0.2) is 10.7 Å². The third kappa shape index (κ3) is 2.32. The van der Waals surface area contributed by atoms with Gasteiger partial charge in [-0.15, -0.1) is 0 Å². The van der Waals surface area contributed by atoms with Crippen molar-refractivity contribution in [2.45, 2.75) is 31.5 Å². The summed E-state index contributed by atoms with van der Waals surface area (Å²) in [5.41, 5.74) is 1.77. The van der Waals surface area contributed by atoms with Gasteiger partial charge in [-0.2, -0.15) is 0 Å². The fourth-order valence-electron chi connectivity index (χ4n) is 1.63. The topological polar surface area (TPSA) is 55.5 Å². The highest BCUT2D eigenvalue weighted by molar-refractivity contribution is 5.25. The highest BCUT2D eigenvalue weighted by Crippen LogP contribution is 2.38. The van der Waals surface area contributed by atoms with E-state index in [2.05, 4.69) is 4.84 Å². The first kappa shape index (κ1) is 9.65. The standard InChI is InChI=1S/C11H15NO2/c12-14-8-10-3-1-2-9(6-10)7-11(13)4-5-11/h1-3,6,13H,4-5,7-8,12H2. The Morgan fingerprint density at radius 2 is 2.07 bits per heavy atom. The van der Waals surface area contributed by atoms with Crippen LogP contribution >= 0.6 is 0 Å². The molecule has 14 heavy (non-hydrogen) atoms. The van der Waals surface area contributed by atoms with Gasteiger partial charge in [-0.1, -0.05) is 24.3 Å². The Morgan fingerprint density at radius 3 is 2.71 bits per heavy atom. The molecule has 1 aliphatic rings. The van der Waals surface area contributed by atoms with Gasteiger partial charge in [0.1, 0.15) is 0 Å². The molecule has 0 atom stereocenters. The lowest BCUT2D eigenvalue weighted by molar-refractivity contribution is 0.124. The SMILES string of the molecule is NOCc1cccc(CC2(O)CC2)c1. The molecule has 1 aromatic carbocycles. The van der Waals surface area contributed by atoms with Gasteiger partial charge < -0.3 is 5.11 Å². The maximum absolute atomic E-state index is 9.75. The molecule has 0 spiro atoms. The quantitative estimate of drug-likeness (QED) is 0.705. The van der Waals surface area contributed by atoms with Gasteiger partial charge in [0.2, 0.25) is 0 Å². The summed E-state index contributed by atoms with van der Waals surface area (Å²) in [5, 5.41) is 9.75. The second-order valence-corrected chi connectivity index (χ2v) is 4.03. The fraction of sp³-hybridized carbons (Fsp3) is 0.455. The zero-order valence-corrected chi connectivity index (χ0v) is 8.07. The summed E-state index contributed by atoms with van der Waals surface area (Å²) in [4.78, 5) is 4.57. The molecule has 1 fully saturated rings. The largest absolute Gasteiger partial charge is 0.390 e. The molecule has 0 unspecified atom stereocenters. The predicted molar refractivity (Wildman–Crippen MR) is 53.3 cm³/mol. The van der Waals surface area contributed by atoms with Gasteiger partial charge in [-0.3, -0.25) is 4.84 Å². The molecule has 1 aliphatic carbocycles. The summed E-state index contributed by atoms with van der Waals surface area (Å²) in [5.74, 6) is 5.00. The van der Waals surface area contributed by atoms with Crippen LogP contribution in [0.2, 0.25) is 0 Å². The van der Waals surface area contributed by atoms with Crippen LogP contribution in [0.15, 0.2) is 24.3 Å². The normalized spacial score (nSPS) is 18.1. The smallest absolute Gasteiger partial charge is 0.0930 e. The van der Waals surface area contributed by atoms with Crippen LogP contribution in [0.25, 0.3) is 0 Å². The Morgan fingerprint density at radius 1 is 1.36 bits per heavy atom. The lowest BCUT2D eigenvalue weighted by Crippen LogP contribution is -2.10. The van der Waals surface area contributed by atoms with Crippen LogP contribution < -0.4 is 5.90 Å². The van der Waals surface area contributed by atoms with Crippen LogP contribution in [0.4, 0.5) is 0 Å². The molecule has 3 nitrogen and oxygen atoms in total. The molecule has 0 amide bonds. The summed E-state index contributed by atoms with van der Waals surface area (Å²) in [6, 6.07) is 7.99. The van der Waals surface area contributed by atoms with Gasteiger partial charge in [0.25, 0.3) is 0 Å². The first-order valence-corrected chi connectivity index (χ1v) is 4.84. The maximum Gasteiger partial charge on any atom is 0.0930 e. The van der Waals surface area contributed by atoms with E-state index >= 15 is 0 Å². The van der Waals surface area contributed by atoms with Gasteiger partial charge in [-0.05, 0) is 24.0 Å². The lowest BCUT2D eigenvalue weighted by atomic mass is 10.0. The molecule has 1 aromatic rings. The van der Waals surface area contributed by atoms with Crippen molar-refractivity contribution in [3.8, 4) is 0 Å². The highest BCUT2D eigenvalue weighted by atomic mass is 16.6. The summed E-state index contributed by atoms with van der Waals surface area (Å²) in [6.07, 6.45) is 2.58. The minimum atomic E-state index is -0.428.